The predicted molar refractivity (Wildman–Crippen MR) is 91.7 cm³/mol. The zero-order chi connectivity index (χ0) is 13.8. The van der Waals surface area contributed by atoms with Crippen molar-refractivity contribution in [3.8, 4) is 0 Å². The third-order valence-electron chi connectivity index (χ3n) is 4.45. The number of hydrogen-bond acceptors (Lipinski definition) is 3. The molecule has 3 rings (SSSR count). The van der Waals surface area contributed by atoms with Gasteiger partial charge in [-0.05, 0) is 30.4 Å². The second-order valence-corrected chi connectivity index (χ2v) is 7.87. The highest BCUT2D eigenvalue weighted by atomic mass is 79.9. The first-order chi connectivity index (χ1) is 9.83. The van der Waals surface area contributed by atoms with Crippen LogP contribution in [-0.4, -0.2) is 48.6 Å². The van der Waals surface area contributed by atoms with E-state index in [1.807, 2.05) is 0 Å². The zero-order valence-corrected chi connectivity index (χ0v) is 14.3. The molecule has 2 aliphatic rings. The molecule has 1 aliphatic carbocycles. The fourth-order valence-electron chi connectivity index (χ4n) is 3.10. The lowest BCUT2D eigenvalue weighted by Crippen LogP contribution is -2.44. The van der Waals surface area contributed by atoms with Gasteiger partial charge in [0.25, 0.3) is 0 Å². The van der Waals surface area contributed by atoms with Gasteiger partial charge in [-0.3, -0.25) is 0 Å². The van der Waals surface area contributed by atoms with E-state index in [4.69, 9.17) is 0 Å². The molecule has 2 nitrogen and oxygen atoms in total. The van der Waals surface area contributed by atoms with Crippen molar-refractivity contribution >= 4 is 27.7 Å². The maximum Gasteiger partial charge on any atom is 0.0210 e. The van der Waals surface area contributed by atoms with E-state index in [1.165, 1.54) is 54.0 Å². The van der Waals surface area contributed by atoms with Crippen LogP contribution in [0.5, 0.6) is 0 Å². The summed E-state index contributed by atoms with van der Waals surface area (Å²) in [4.78, 5) is 2.59. The predicted octanol–water partition coefficient (Wildman–Crippen LogP) is 3.33. The number of rotatable bonds is 5. The Morgan fingerprint density at radius 1 is 1.20 bits per heavy atom. The Labute approximate surface area is 134 Å². The van der Waals surface area contributed by atoms with Crippen molar-refractivity contribution < 1.29 is 0 Å². The van der Waals surface area contributed by atoms with E-state index >= 15 is 0 Å². The largest absolute Gasteiger partial charge is 0.313 e. The van der Waals surface area contributed by atoms with Crippen LogP contribution in [0.3, 0.4) is 0 Å². The topological polar surface area (TPSA) is 15.3 Å². The summed E-state index contributed by atoms with van der Waals surface area (Å²) < 4.78 is 1.27. The van der Waals surface area contributed by atoms with Gasteiger partial charge in [0.15, 0.2) is 0 Å². The molecule has 1 aromatic carbocycles. The van der Waals surface area contributed by atoms with Crippen LogP contribution in [0.2, 0.25) is 0 Å². The number of thioether (sulfide) groups is 1. The van der Waals surface area contributed by atoms with Crippen molar-refractivity contribution in [1.82, 2.24) is 10.2 Å². The summed E-state index contributed by atoms with van der Waals surface area (Å²) in [5.74, 6) is 3.37. The fraction of sp³-hybridized carbons (Fsp3) is 0.625. The highest BCUT2D eigenvalue weighted by Crippen LogP contribution is 2.39. The minimum atomic E-state index is 0.728. The van der Waals surface area contributed by atoms with Gasteiger partial charge in [-0.15, -0.1) is 0 Å². The van der Waals surface area contributed by atoms with Crippen molar-refractivity contribution in [3.63, 3.8) is 0 Å². The zero-order valence-electron chi connectivity index (χ0n) is 11.9. The summed E-state index contributed by atoms with van der Waals surface area (Å²) in [5.41, 5.74) is 1.48. The maximum absolute atomic E-state index is 3.72. The summed E-state index contributed by atoms with van der Waals surface area (Å²) >= 11 is 5.75. The SMILES string of the molecule is Brc1ccccc1C1CC(NCCN2CCSCC2)C1. The van der Waals surface area contributed by atoms with Gasteiger partial charge in [-0.1, -0.05) is 34.1 Å². The molecule has 1 saturated heterocycles. The Hall–Kier alpha value is -0.0300. The molecular formula is C16H23BrN2S. The van der Waals surface area contributed by atoms with E-state index < -0.39 is 0 Å². The second-order valence-electron chi connectivity index (χ2n) is 5.79. The van der Waals surface area contributed by atoms with Crippen LogP contribution in [0.4, 0.5) is 0 Å². The van der Waals surface area contributed by atoms with E-state index in [9.17, 15) is 0 Å². The van der Waals surface area contributed by atoms with Crippen LogP contribution >= 0.6 is 27.7 Å². The fourth-order valence-corrected chi connectivity index (χ4v) is 4.68. The Kier molecular flexibility index (Phi) is 5.43. The van der Waals surface area contributed by atoms with E-state index in [0.717, 1.165) is 18.5 Å². The average molecular weight is 355 g/mol. The van der Waals surface area contributed by atoms with Crippen LogP contribution in [-0.2, 0) is 0 Å². The van der Waals surface area contributed by atoms with E-state index in [1.54, 1.807) is 0 Å². The van der Waals surface area contributed by atoms with E-state index in [2.05, 4.69) is 62.2 Å². The van der Waals surface area contributed by atoms with Gasteiger partial charge in [0, 0.05) is 48.2 Å². The first-order valence-electron chi connectivity index (χ1n) is 7.61. The normalized spacial score (nSPS) is 27.2. The molecule has 0 bridgehead atoms. The van der Waals surface area contributed by atoms with Crippen LogP contribution < -0.4 is 5.32 Å². The number of nitrogens with zero attached hydrogens (tertiary/aromatic N) is 1. The third-order valence-corrected chi connectivity index (χ3v) is 6.11. The summed E-state index contributed by atoms with van der Waals surface area (Å²) in [6.45, 7) is 4.92. The van der Waals surface area contributed by atoms with E-state index in [0.29, 0.717) is 0 Å². The van der Waals surface area contributed by atoms with Gasteiger partial charge >= 0.3 is 0 Å². The van der Waals surface area contributed by atoms with Crippen molar-refractivity contribution in [3.05, 3.63) is 34.3 Å². The molecule has 0 spiro atoms. The molecule has 110 valence electrons. The van der Waals surface area contributed by atoms with Crippen LogP contribution in [0.25, 0.3) is 0 Å². The van der Waals surface area contributed by atoms with Crippen LogP contribution in [0.15, 0.2) is 28.7 Å². The molecule has 1 aliphatic heterocycles. The molecule has 1 N–H and O–H groups in total. The molecule has 1 saturated carbocycles. The Balaban J connectivity index is 1.35. The lowest BCUT2D eigenvalue weighted by Gasteiger charge is -2.37. The van der Waals surface area contributed by atoms with Crippen molar-refractivity contribution in [2.75, 3.05) is 37.7 Å². The molecule has 0 radical (unpaired) electrons. The summed E-state index contributed by atoms with van der Waals surface area (Å²) in [7, 11) is 0. The summed E-state index contributed by atoms with van der Waals surface area (Å²) in [6, 6.07) is 9.39. The molecule has 0 aromatic heterocycles. The van der Waals surface area contributed by atoms with Crippen molar-refractivity contribution in [2.24, 2.45) is 0 Å². The smallest absolute Gasteiger partial charge is 0.0210 e. The molecule has 0 atom stereocenters. The number of nitrogens with one attached hydrogen (secondary N) is 1. The standard InChI is InChI=1S/C16H23BrN2S/c17-16-4-2-1-3-15(16)13-11-14(12-13)18-5-6-19-7-9-20-10-8-19/h1-4,13-14,18H,5-12H2. The van der Waals surface area contributed by atoms with Gasteiger partial charge in [0.2, 0.25) is 0 Å². The third kappa shape index (κ3) is 3.79. The Morgan fingerprint density at radius 2 is 1.95 bits per heavy atom. The van der Waals surface area contributed by atoms with E-state index in [-0.39, 0.29) is 0 Å². The number of benzene rings is 1. The van der Waals surface area contributed by atoms with Crippen LogP contribution in [0.1, 0.15) is 24.3 Å². The Morgan fingerprint density at radius 3 is 2.70 bits per heavy atom. The number of hydrogen-bond donors (Lipinski definition) is 1. The Bertz CT molecular complexity index is 428. The number of halogens is 1. The van der Waals surface area contributed by atoms with Gasteiger partial charge < -0.3 is 10.2 Å². The van der Waals surface area contributed by atoms with Gasteiger partial charge in [0.1, 0.15) is 0 Å². The lowest BCUT2D eigenvalue weighted by molar-refractivity contribution is 0.255. The molecule has 1 aromatic rings. The highest BCUT2D eigenvalue weighted by Gasteiger charge is 2.30. The van der Waals surface area contributed by atoms with Crippen molar-refractivity contribution in [2.45, 2.75) is 24.8 Å². The lowest BCUT2D eigenvalue weighted by atomic mass is 9.76. The molecule has 20 heavy (non-hydrogen) atoms. The minimum absolute atomic E-state index is 0.728. The monoisotopic (exact) mass is 354 g/mol. The van der Waals surface area contributed by atoms with Gasteiger partial charge in [0.05, 0.1) is 0 Å². The summed E-state index contributed by atoms with van der Waals surface area (Å²) in [5, 5.41) is 3.72. The molecule has 0 amide bonds. The highest BCUT2D eigenvalue weighted by molar-refractivity contribution is 9.10. The van der Waals surface area contributed by atoms with Gasteiger partial charge in [-0.2, -0.15) is 11.8 Å². The van der Waals surface area contributed by atoms with Crippen LogP contribution in [0, 0.1) is 0 Å². The summed E-state index contributed by atoms with van der Waals surface area (Å²) in [6.07, 6.45) is 2.58. The maximum atomic E-state index is 3.72. The molecular weight excluding hydrogens is 332 g/mol. The second kappa shape index (κ2) is 7.30. The quantitative estimate of drug-likeness (QED) is 0.872. The average Bonchev–Trinajstić information content (AvgIpc) is 2.44. The molecule has 0 unspecified atom stereocenters. The van der Waals surface area contributed by atoms with Gasteiger partial charge in [-0.25, -0.2) is 0 Å². The molecule has 1 heterocycles. The first-order valence-corrected chi connectivity index (χ1v) is 9.55. The van der Waals surface area contributed by atoms with Crippen molar-refractivity contribution in [1.29, 1.82) is 0 Å². The minimum Gasteiger partial charge on any atom is -0.313 e. The molecule has 4 heteroatoms. The molecule has 2 fully saturated rings. The first kappa shape index (κ1) is 14.9.